The van der Waals surface area contributed by atoms with Crippen molar-refractivity contribution in [2.75, 3.05) is 5.73 Å². The van der Waals surface area contributed by atoms with Crippen molar-refractivity contribution in [2.45, 2.75) is 56.7 Å². The summed E-state index contributed by atoms with van der Waals surface area (Å²) in [6, 6.07) is 6.02. The van der Waals surface area contributed by atoms with E-state index in [1.807, 2.05) is 0 Å². The first-order chi connectivity index (χ1) is 10.3. The summed E-state index contributed by atoms with van der Waals surface area (Å²) in [5.74, 6) is -1.77. The molecule has 1 aromatic rings. The number of halogens is 3. The van der Waals surface area contributed by atoms with E-state index in [-0.39, 0.29) is 6.04 Å². The zero-order chi connectivity index (χ0) is 16.2. The highest BCUT2D eigenvalue weighted by atomic mass is 19.4. The van der Waals surface area contributed by atoms with Crippen LogP contribution >= 0.6 is 0 Å². The lowest BCUT2D eigenvalue weighted by atomic mass is 9.91. The van der Waals surface area contributed by atoms with E-state index in [9.17, 15) is 18.0 Å². The average molecular weight is 314 g/mol. The van der Waals surface area contributed by atoms with Crippen molar-refractivity contribution in [3.8, 4) is 0 Å². The highest BCUT2D eigenvalue weighted by Crippen LogP contribution is 2.32. The Hall–Kier alpha value is -1.72. The van der Waals surface area contributed by atoms with Crippen molar-refractivity contribution in [1.82, 2.24) is 5.32 Å². The number of carbonyl (C=O) groups excluding carboxylic acids is 1. The number of hydrogen-bond donors (Lipinski definition) is 2. The van der Waals surface area contributed by atoms with Crippen molar-refractivity contribution in [2.24, 2.45) is 0 Å². The molecule has 0 aromatic heterocycles. The lowest BCUT2D eigenvalue weighted by Crippen LogP contribution is -2.40. The number of rotatable bonds is 4. The molecule has 1 atom stereocenters. The van der Waals surface area contributed by atoms with Crippen LogP contribution in [-0.4, -0.2) is 18.1 Å². The molecule has 1 aromatic carbocycles. The summed E-state index contributed by atoms with van der Waals surface area (Å²) in [5.41, 5.74) is 6.36. The molecule has 1 amide bonds. The Kier molecular flexibility index (Phi) is 5.32. The smallest absolute Gasteiger partial charge is 0.390 e. The Balaban J connectivity index is 2.12. The molecule has 3 nitrogen and oxygen atoms in total. The van der Waals surface area contributed by atoms with Crippen LogP contribution in [0.2, 0.25) is 0 Å². The average Bonchev–Trinajstić information content (AvgIpc) is 2.46. The molecule has 0 radical (unpaired) electrons. The van der Waals surface area contributed by atoms with Gasteiger partial charge < -0.3 is 11.1 Å². The Morgan fingerprint density at radius 1 is 1.18 bits per heavy atom. The standard InChI is InChI=1S/C16H21F3N2O/c17-16(18,19)10-14(11-6-8-12(20)9-7-11)15(22)21-13-4-2-1-3-5-13/h6-9,13-14H,1-5,10,20H2,(H,21,22). The molecule has 22 heavy (non-hydrogen) atoms. The van der Waals surface area contributed by atoms with Gasteiger partial charge in [-0.1, -0.05) is 31.4 Å². The lowest BCUT2D eigenvalue weighted by Gasteiger charge is -2.26. The van der Waals surface area contributed by atoms with Gasteiger partial charge in [0.2, 0.25) is 5.91 Å². The molecule has 122 valence electrons. The predicted octanol–water partition coefficient (Wildman–Crippen LogP) is 3.75. The van der Waals surface area contributed by atoms with Gasteiger partial charge in [0.25, 0.3) is 0 Å². The molecule has 0 aliphatic heterocycles. The summed E-state index contributed by atoms with van der Waals surface area (Å²) < 4.78 is 38.4. The fourth-order valence-electron chi connectivity index (χ4n) is 2.87. The second-order valence-electron chi connectivity index (χ2n) is 5.88. The van der Waals surface area contributed by atoms with E-state index in [1.54, 1.807) is 0 Å². The molecular weight excluding hydrogens is 293 g/mol. The summed E-state index contributed by atoms with van der Waals surface area (Å²) in [6.07, 6.45) is -0.728. The Labute approximate surface area is 128 Å². The molecule has 6 heteroatoms. The van der Waals surface area contributed by atoms with Gasteiger partial charge in [0.1, 0.15) is 0 Å². The van der Waals surface area contributed by atoms with Crippen molar-refractivity contribution >= 4 is 11.6 Å². The van der Waals surface area contributed by atoms with Crippen LogP contribution in [-0.2, 0) is 4.79 Å². The zero-order valence-corrected chi connectivity index (χ0v) is 12.3. The van der Waals surface area contributed by atoms with Crippen LogP contribution in [0.4, 0.5) is 18.9 Å². The number of nitrogens with one attached hydrogen (secondary N) is 1. The minimum Gasteiger partial charge on any atom is -0.399 e. The topological polar surface area (TPSA) is 55.1 Å². The van der Waals surface area contributed by atoms with E-state index >= 15 is 0 Å². The van der Waals surface area contributed by atoms with Crippen LogP contribution in [0.25, 0.3) is 0 Å². The molecule has 1 aliphatic carbocycles. The Morgan fingerprint density at radius 2 is 1.77 bits per heavy atom. The van der Waals surface area contributed by atoms with Gasteiger partial charge in [0.05, 0.1) is 12.3 Å². The maximum Gasteiger partial charge on any atom is 0.390 e. The molecular formula is C16H21F3N2O. The van der Waals surface area contributed by atoms with Crippen LogP contribution in [0.3, 0.4) is 0 Å². The number of carbonyl (C=O) groups is 1. The highest BCUT2D eigenvalue weighted by molar-refractivity contribution is 5.84. The summed E-state index contributed by atoms with van der Waals surface area (Å²) in [7, 11) is 0. The van der Waals surface area contributed by atoms with Crippen molar-refractivity contribution in [1.29, 1.82) is 0 Å². The van der Waals surface area contributed by atoms with Crippen molar-refractivity contribution < 1.29 is 18.0 Å². The van der Waals surface area contributed by atoms with Crippen LogP contribution in [0.1, 0.15) is 50.0 Å². The normalized spacial score (nSPS) is 18.0. The number of nitrogen functional groups attached to an aromatic ring is 1. The molecule has 3 N–H and O–H groups in total. The Morgan fingerprint density at radius 3 is 2.32 bits per heavy atom. The molecule has 0 saturated heterocycles. The third-order valence-corrected chi connectivity index (χ3v) is 4.04. The van der Waals surface area contributed by atoms with Gasteiger partial charge in [-0.3, -0.25) is 4.79 Å². The van der Waals surface area contributed by atoms with E-state index in [0.29, 0.717) is 11.3 Å². The minimum atomic E-state index is -4.39. The summed E-state index contributed by atoms with van der Waals surface area (Å²) in [4.78, 5) is 12.3. The number of anilines is 1. The summed E-state index contributed by atoms with van der Waals surface area (Å²) in [5, 5.41) is 2.78. The van der Waals surface area contributed by atoms with Crippen LogP contribution < -0.4 is 11.1 Å². The Bertz CT molecular complexity index is 493. The van der Waals surface area contributed by atoms with E-state index in [4.69, 9.17) is 5.73 Å². The third kappa shape index (κ3) is 4.93. The number of amides is 1. The van der Waals surface area contributed by atoms with Gasteiger partial charge >= 0.3 is 6.18 Å². The van der Waals surface area contributed by atoms with E-state index in [0.717, 1.165) is 32.1 Å². The molecule has 0 bridgehead atoms. The number of benzene rings is 1. The summed E-state index contributed by atoms with van der Waals surface area (Å²) >= 11 is 0. The fraction of sp³-hybridized carbons (Fsp3) is 0.562. The lowest BCUT2D eigenvalue weighted by molar-refractivity contribution is -0.148. The first-order valence-electron chi connectivity index (χ1n) is 7.58. The minimum absolute atomic E-state index is 0.00855. The van der Waals surface area contributed by atoms with Crippen LogP contribution in [0.5, 0.6) is 0 Å². The molecule has 1 saturated carbocycles. The SMILES string of the molecule is Nc1ccc(C(CC(F)(F)F)C(=O)NC2CCCCC2)cc1. The largest absolute Gasteiger partial charge is 0.399 e. The first-order valence-corrected chi connectivity index (χ1v) is 7.58. The summed E-state index contributed by atoms with van der Waals surface area (Å²) in [6.45, 7) is 0. The molecule has 2 rings (SSSR count). The molecule has 0 spiro atoms. The first kappa shape index (κ1) is 16.6. The molecule has 1 fully saturated rings. The van der Waals surface area contributed by atoms with E-state index in [1.165, 1.54) is 24.3 Å². The van der Waals surface area contributed by atoms with Gasteiger partial charge in [-0.15, -0.1) is 0 Å². The van der Waals surface area contributed by atoms with Gasteiger partial charge in [-0.05, 0) is 30.5 Å². The van der Waals surface area contributed by atoms with Crippen molar-refractivity contribution in [3.05, 3.63) is 29.8 Å². The van der Waals surface area contributed by atoms with Gasteiger partial charge in [-0.2, -0.15) is 13.2 Å². The number of hydrogen-bond acceptors (Lipinski definition) is 2. The van der Waals surface area contributed by atoms with Crippen molar-refractivity contribution in [3.63, 3.8) is 0 Å². The zero-order valence-electron chi connectivity index (χ0n) is 12.3. The quantitative estimate of drug-likeness (QED) is 0.832. The monoisotopic (exact) mass is 314 g/mol. The molecule has 1 unspecified atom stereocenters. The maximum absolute atomic E-state index is 12.8. The predicted molar refractivity (Wildman–Crippen MR) is 79.3 cm³/mol. The van der Waals surface area contributed by atoms with Gasteiger partial charge in [0.15, 0.2) is 0 Å². The second kappa shape index (κ2) is 7.03. The van der Waals surface area contributed by atoms with E-state index in [2.05, 4.69) is 5.32 Å². The molecule has 1 aliphatic rings. The highest BCUT2D eigenvalue weighted by Gasteiger charge is 2.36. The number of alkyl halides is 3. The number of nitrogens with two attached hydrogens (primary N) is 1. The van der Waals surface area contributed by atoms with E-state index < -0.39 is 24.4 Å². The van der Waals surface area contributed by atoms with Gasteiger partial charge in [-0.25, -0.2) is 0 Å². The van der Waals surface area contributed by atoms with Gasteiger partial charge in [0, 0.05) is 11.7 Å². The fourth-order valence-corrected chi connectivity index (χ4v) is 2.87. The second-order valence-corrected chi connectivity index (χ2v) is 5.88. The molecule has 0 heterocycles. The maximum atomic E-state index is 12.8. The van der Waals surface area contributed by atoms with Crippen LogP contribution in [0, 0.1) is 0 Å². The van der Waals surface area contributed by atoms with Crippen LogP contribution in [0.15, 0.2) is 24.3 Å². The third-order valence-electron chi connectivity index (χ3n) is 4.04.